The van der Waals surface area contributed by atoms with Crippen LogP contribution in [-0.2, 0) is 0 Å². The van der Waals surface area contributed by atoms with Crippen molar-refractivity contribution in [3.8, 4) is 0 Å². The van der Waals surface area contributed by atoms with Crippen LogP contribution >= 0.6 is 0 Å². The molecule has 124 valence electrons. The Kier molecular flexibility index (Phi) is 6.97. The fourth-order valence-electron chi connectivity index (χ4n) is 4.47. The van der Waals surface area contributed by atoms with E-state index in [-0.39, 0.29) is 0 Å². The van der Waals surface area contributed by atoms with Crippen molar-refractivity contribution in [2.24, 2.45) is 11.7 Å². The van der Waals surface area contributed by atoms with Gasteiger partial charge in [0.05, 0.1) is 0 Å². The summed E-state index contributed by atoms with van der Waals surface area (Å²) in [7, 11) is 0. The Morgan fingerprint density at radius 3 is 2.57 bits per heavy atom. The fourth-order valence-corrected chi connectivity index (χ4v) is 4.47. The van der Waals surface area contributed by atoms with Crippen LogP contribution in [0.2, 0.25) is 0 Å². The van der Waals surface area contributed by atoms with Gasteiger partial charge in [-0.25, -0.2) is 0 Å². The molecule has 0 spiro atoms. The molecule has 2 unspecified atom stereocenters. The van der Waals surface area contributed by atoms with Crippen LogP contribution in [0, 0.1) is 5.92 Å². The molecule has 0 aromatic rings. The SMILES string of the molecule is CCCN1CCCC(CN)(N2CCCC(CC)CC2)CC1. The van der Waals surface area contributed by atoms with Crippen molar-refractivity contribution in [2.45, 2.75) is 70.8 Å². The van der Waals surface area contributed by atoms with Crippen LogP contribution in [0.1, 0.15) is 65.2 Å². The summed E-state index contributed by atoms with van der Waals surface area (Å²) in [5.74, 6) is 0.951. The van der Waals surface area contributed by atoms with Crippen LogP contribution in [0.25, 0.3) is 0 Å². The monoisotopic (exact) mass is 295 g/mol. The van der Waals surface area contributed by atoms with Crippen molar-refractivity contribution in [3.05, 3.63) is 0 Å². The highest BCUT2D eigenvalue weighted by Crippen LogP contribution is 2.32. The molecule has 2 rings (SSSR count). The molecule has 2 N–H and O–H groups in total. The Hall–Kier alpha value is -0.120. The number of hydrogen-bond donors (Lipinski definition) is 1. The molecule has 2 heterocycles. The van der Waals surface area contributed by atoms with Gasteiger partial charge in [0.15, 0.2) is 0 Å². The van der Waals surface area contributed by atoms with Crippen molar-refractivity contribution < 1.29 is 0 Å². The Bertz CT molecular complexity index is 294. The first-order chi connectivity index (χ1) is 10.2. The molecular weight excluding hydrogens is 258 g/mol. The molecule has 0 amide bonds. The van der Waals surface area contributed by atoms with E-state index in [0.717, 1.165) is 12.5 Å². The summed E-state index contributed by atoms with van der Waals surface area (Å²) in [6, 6.07) is 0. The van der Waals surface area contributed by atoms with Gasteiger partial charge in [-0.3, -0.25) is 4.90 Å². The lowest BCUT2D eigenvalue weighted by Gasteiger charge is -2.43. The van der Waals surface area contributed by atoms with E-state index < -0.39 is 0 Å². The maximum absolute atomic E-state index is 6.32. The molecule has 0 saturated carbocycles. The van der Waals surface area contributed by atoms with E-state index in [4.69, 9.17) is 5.73 Å². The van der Waals surface area contributed by atoms with E-state index >= 15 is 0 Å². The summed E-state index contributed by atoms with van der Waals surface area (Å²) < 4.78 is 0. The zero-order valence-electron chi connectivity index (χ0n) is 14.4. The Labute approximate surface area is 132 Å². The highest BCUT2D eigenvalue weighted by Gasteiger charge is 2.37. The quantitative estimate of drug-likeness (QED) is 0.846. The van der Waals surface area contributed by atoms with Crippen LogP contribution < -0.4 is 5.73 Å². The average molecular weight is 296 g/mol. The normalized spacial score (nSPS) is 33.6. The van der Waals surface area contributed by atoms with Gasteiger partial charge < -0.3 is 10.6 Å². The minimum absolute atomic E-state index is 0.297. The summed E-state index contributed by atoms with van der Waals surface area (Å²) in [6.45, 7) is 11.8. The summed E-state index contributed by atoms with van der Waals surface area (Å²) in [5, 5.41) is 0. The molecule has 3 heteroatoms. The van der Waals surface area contributed by atoms with Crippen molar-refractivity contribution in [1.82, 2.24) is 9.80 Å². The maximum atomic E-state index is 6.32. The third-order valence-corrected chi connectivity index (χ3v) is 6.03. The minimum Gasteiger partial charge on any atom is -0.329 e. The summed E-state index contributed by atoms with van der Waals surface area (Å²) >= 11 is 0. The average Bonchev–Trinajstić information content (AvgIpc) is 2.86. The molecule has 0 aromatic heterocycles. The second-order valence-corrected chi connectivity index (χ2v) is 7.32. The molecule has 21 heavy (non-hydrogen) atoms. The van der Waals surface area contributed by atoms with E-state index in [9.17, 15) is 0 Å². The Balaban J connectivity index is 1.99. The van der Waals surface area contributed by atoms with E-state index in [0.29, 0.717) is 5.54 Å². The molecule has 3 nitrogen and oxygen atoms in total. The Morgan fingerprint density at radius 2 is 1.86 bits per heavy atom. The number of nitrogens with two attached hydrogens (primary N) is 1. The Morgan fingerprint density at radius 1 is 1.00 bits per heavy atom. The number of rotatable bonds is 5. The van der Waals surface area contributed by atoms with E-state index in [2.05, 4.69) is 23.6 Å². The van der Waals surface area contributed by atoms with Gasteiger partial charge >= 0.3 is 0 Å². The standard InChI is InChI=1S/C18H37N3/c1-3-11-20-12-6-9-18(16-19,10-15-20)21-13-5-7-17(4-2)8-14-21/h17H,3-16,19H2,1-2H3. The minimum atomic E-state index is 0.297. The zero-order chi connectivity index (χ0) is 15.1. The second kappa shape index (κ2) is 8.50. The van der Waals surface area contributed by atoms with Crippen LogP contribution in [0.3, 0.4) is 0 Å². The topological polar surface area (TPSA) is 32.5 Å². The number of nitrogens with zero attached hydrogens (tertiary/aromatic N) is 2. The third kappa shape index (κ3) is 4.43. The van der Waals surface area contributed by atoms with Gasteiger partial charge in [0, 0.05) is 12.1 Å². The largest absolute Gasteiger partial charge is 0.329 e. The van der Waals surface area contributed by atoms with Crippen molar-refractivity contribution in [2.75, 3.05) is 39.3 Å². The first-order valence-corrected chi connectivity index (χ1v) is 9.41. The highest BCUT2D eigenvalue weighted by molar-refractivity contribution is 4.95. The lowest BCUT2D eigenvalue weighted by Crippen LogP contribution is -2.54. The van der Waals surface area contributed by atoms with E-state index in [1.54, 1.807) is 0 Å². The molecule has 2 atom stereocenters. The van der Waals surface area contributed by atoms with Crippen LogP contribution in [0.5, 0.6) is 0 Å². The molecule has 0 aliphatic carbocycles. The molecule has 0 radical (unpaired) electrons. The lowest BCUT2D eigenvalue weighted by molar-refractivity contribution is 0.0802. The molecule has 2 aliphatic heterocycles. The van der Waals surface area contributed by atoms with Gasteiger partial charge in [0.25, 0.3) is 0 Å². The third-order valence-electron chi connectivity index (χ3n) is 6.03. The van der Waals surface area contributed by atoms with Gasteiger partial charge in [-0.2, -0.15) is 0 Å². The predicted molar refractivity (Wildman–Crippen MR) is 91.6 cm³/mol. The molecule has 2 fully saturated rings. The van der Waals surface area contributed by atoms with Crippen LogP contribution in [-0.4, -0.2) is 54.6 Å². The molecule has 0 bridgehead atoms. The van der Waals surface area contributed by atoms with Gasteiger partial charge in [0.1, 0.15) is 0 Å². The summed E-state index contributed by atoms with van der Waals surface area (Å²) in [6.07, 6.45) is 10.7. The fraction of sp³-hybridized carbons (Fsp3) is 1.00. The number of likely N-dealkylation sites (tertiary alicyclic amines) is 2. The van der Waals surface area contributed by atoms with E-state index in [1.807, 2.05) is 0 Å². The van der Waals surface area contributed by atoms with Crippen molar-refractivity contribution in [1.29, 1.82) is 0 Å². The van der Waals surface area contributed by atoms with Gasteiger partial charge in [-0.05, 0) is 83.6 Å². The van der Waals surface area contributed by atoms with Crippen molar-refractivity contribution in [3.63, 3.8) is 0 Å². The molecule has 2 saturated heterocycles. The maximum Gasteiger partial charge on any atom is 0.0344 e. The zero-order valence-corrected chi connectivity index (χ0v) is 14.4. The van der Waals surface area contributed by atoms with Gasteiger partial charge in [-0.15, -0.1) is 0 Å². The highest BCUT2D eigenvalue weighted by atomic mass is 15.2. The lowest BCUT2D eigenvalue weighted by atomic mass is 9.88. The summed E-state index contributed by atoms with van der Waals surface area (Å²) in [4.78, 5) is 5.45. The second-order valence-electron chi connectivity index (χ2n) is 7.32. The molecule has 0 aromatic carbocycles. The molecule has 2 aliphatic rings. The molecular formula is C18H37N3. The summed E-state index contributed by atoms with van der Waals surface area (Å²) in [5.41, 5.74) is 6.61. The first-order valence-electron chi connectivity index (χ1n) is 9.41. The van der Waals surface area contributed by atoms with Gasteiger partial charge in [0.2, 0.25) is 0 Å². The number of hydrogen-bond acceptors (Lipinski definition) is 3. The van der Waals surface area contributed by atoms with Crippen LogP contribution in [0.4, 0.5) is 0 Å². The van der Waals surface area contributed by atoms with E-state index in [1.165, 1.54) is 84.1 Å². The van der Waals surface area contributed by atoms with Crippen LogP contribution in [0.15, 0.2) is 0 Å². The first kappa shape index (κ1) is 17.2. The smallest absolute Gasteiger partial charge is 0.0344 e. The predicted octanol–water partition coefficient (Wildman–Crippen LogP) is 3.09. The van der Waals surface area contributed by atoms with Gasteiger partial charge in [-0.1, -0.05) is 20.3 Å². The van der Waals surface area contributed by atoms with Crippen molar-refractivity contribution >= 4 is 0 Å².